The quantitative estimate of drug-likeness (QED) is 0.365. The van der Waals surface area contributed by atoms with Crippen molar-refractivity contribution in [1.82, 2.24) is 0 Å². The summed E-state index contributed by atoms with van der Waals surface area (Å²) < 4.78 is 4.11. The van der Waals surface area contributed by atoms with Gasteiger partial charge in [0.05, 0.1) is 7.11 Å². The summed E-state index contributed by atoms with van der Waals surface area (Å²) in [6.07, 6.45) is 14.5. The Bertz CT molecular complexity index is 592. The number of hydrogen-bond donors (Lipinski definition) is 1. The van der Waals surface area contributed by atoms with Gasteiger partial charge in [-0.25, -0.2) is 9.59 Å². The van der Waals surface area contributed by atoms with Crippen LogP contribution in [0.2, 0.25) is 0 Å². The fourth-order valence-corrected chi connectivity index (χ4v) is 6.97. The molecule has 130 valence electrons. The number of carboxylic acid groups (broad SMARTS) is 1. The van der Waals surface area contributed by atoms with Crippen LogP contribution in [0.1, 0.15) is 32.1 Å². The number of fused-ring (bicyclic) bond motifs is 12. The van der Waals surface area contributed by atoms with Gasteiger partial charge < -0.3 is 9.84 Å². The number of allylic oxidation sites excluding steroid dienone is 2. The van der Waals surface area contributed by atoms with Gasteiger partial charge in [0.2, 0.25) is 0 Å². The van der Waals surface area contributed by atoms with Gasteiger partial charge in [0, 0.05) is 12.2 Å². The number of methoxy groups -OCH3 is 1. The van der Waals surface area contributed by atoms with Crippen molar-refractivity contribution in [2.24, 2.45) is 47.3 Å². The van der Waals surface area contributed by atoms with Gasteiger partial charge in [0.25, 0.3) is 0 Å². The van der Waals surface area contributed by atoms with Crippen molar-refractivity contribution < 1.29 is 19.4 Å². The maximum atomic E-state index is 10.1. The molecule has 4 nitrogen and oxygen atoms in total. The van der Waals surface area contributed by atoms with Gasteiger partial charge in [-0.1, -0.05) is 12.2 Å². The smallest absolute Gasteiger partial charge is 0.330 e. The topological polar surface area (TPSA) is 63.6 Å². The third-order valence-corrected chi connectivity index (χ3v) is 7.45. The molecule has 0 aromatic rings. The SMILES string of the molecule is C1=CC2C(C1)C1CC2C2C3CCC(C3)C12.COC(=O)C=CC(=O)O. The molecule has 8 atom stereocenters. The molecule has 0 heterocycles. The van der Waals surface area contributed by atoms with E-state index < -0.39 is 11.9 Å². The second kappa shape index (κ2) is 6.05. The molecule has 5 aliphatic carbocycles. The highest BCUT2D eigenvalue weighted by atomic mass is 16.5. The fourth-order valence-electron chi connectivity index (χ4n) is 6.97. The van der Waals surface area contributed by atoms with Crippen molar-refractivity contribution in [3.8, 4) is 0 Å². The molecule has 4 saturated carbocycles. The van der Waals surface area contributed by atoms with E-state index in [-0.39, 0.29) is 0 Å². The molecule has 24 heavy (non-hydrogen) atoms. The van der Waals surface area contributed by atoms with Gasteiger partial charge in [-0.2, -0.15) is 0 Å². The van der Waals surface area contributed by atoms with Crippen molar-refractivity contribution in [1.29, 1.82) is 0 Å². The Morgan fingerprint density at radius 1 is 1.04 bits per heavy atom. The summed E-state index contributed by atoms with van der Waals surface area (Å²) in [4.78, 5) is 19.9. The molecular formula is C20H26O4. The van der Waals surface area contributed by atoms with Crippen molar-refractivity contribution in [3.05, 3.63) is 24.3 Å². The molecular weight excluding hydrogens is 304 g/mol. The largest absolute Gasteiger partial charge is 0.478 e. The van der Waals surface area contributed by atoms with E-state index in [9.17, 15) is 9.59 Å². The van der Waals surface area contributed by atoms with Crippen LogP contribution in [-0.4, -0.2) is 24.2 Å². The van der Waals surface area contributed by atoms with Crippen LogP contribution in [0.5, 0.6) is 0 Å². The van der Waals surface area contributed by atoms with Crippen molar-refractivity contribution in [3.63, 3.8) is 0 Å². The van der Waals surface area contributed by atoms with Crippen LogP contribution in [0.4, 0.5) is 0 Å². The van der Waals surface area contributed by atoms with Crippen LogP contribution in [-0.2, 0) is 14.3 Å². The first kappa shape index (κ1) is 15.9. The standard InChI is InChI=1S/C15H20.C5H6O4/c1-2-10-11(3-1)13-7-12(10)14-8-4-5-9(6-8)15(13)14;1-9-5(8)3-2-4(6)7/h1-2,8-15H,3-7H2;2-3H,1H3,(H,6,7). The lowest BCUT2D eigenvalue weighted by Crippen LogP contribution is -2.36. The Morgan fingerprint density at radius 2 is 1.75 bits per heavy atom. The minimum absolute atomic E-state index is 0.669. The summed E-state index contributed by atoms with van der Waals surface area (Å²) >= 11 is 0. The van der Waals surface area contributed by atoms with Crippen molar-refractivity contribution in [2.45, 2.75) is 32.1 Å². The maximum Gasteiger partial charge on any atom is 0.330 e. The first-order valence-electron chi connectivity index (χ1n) is 9.25. The molecule has 0 saturated heterocycles. The van der Waals surface area contributed by atoms with E-state index in [2.05, 4.69) is 16.9 Å². The van der Waals surface area contributed by atoms with Crippen LogP contribution in [0.3, 0.4) is 0 Å². The molecule has 5 rings (SSSR count). The normalized spacial score (nSPS) is 45.9. The molecule has 0 aromatic carbocycles. The highest BCUT2D eigenvalue weighted by Gasteiger charge is 2.65. The zero-order chi connectivity index (χ0) is 16.8. The Balaban J connectivity index is 0.000000143. The Labute approximate surface area is 143 Å². The van der Waals surface area contributed by atoms with Gasteiger partial charge in [0.15, 0.2) is 0 Å². The average molecular weight is 330 g/mol. The van der Waals surface area contributed by atoms with Gasteiger partial charge in [0.1, 0.15) is 0 Å². The second-order valence-electron chi connectivity index (χ2n) is 8.15. The van der Waals surface area contributed by atoms with Crippen LogP contribution >= 0.6 is 0 Å². The highest BCUT2D eigenvalue weighted by Crippen LogP contribution is 2.71. The van der Waals surface area contributed by atoms with Crippen LogP contribution in [0.15, 0.2) is 24.3 Å². The molecule has 8 unspecified atom stereocenters. The first-order valence-corrected chi connectivity index (χ1v) is 9.25. The van der Waals surface area contributed by atoms with E-state index in [1.54, 1.807) is 25.7 Å². The molecule has 1 N–H and O–H groups in total. The number of aliphatic carboxylic acids is 1. The highest BCUT2D eigenvalue weighted by molar-refractivity contribution is 5.90. The molecule has 0 amide bonds. The monoisotopic (exact) mass is 330 g/mol. The molecule has 5 aliphatic rings. The molecule has 0 aliphatic heterocycles. The third kappa shape index (κ3) is 2.42. The molecule has 4 bridgehead atoms. The minimum atomic E-state index is -1.17. The molecule has 4 heteroatoms. The Morgan fingerprint density at radius 3 is 2.42 bits per heavy atom. The van der Waals surface area contributed by atoms with Crippen LogP contribution < -0.4 is 0 Å². The lowest BCUT2D eigenvalue weighted by molar-refractivity contribution is -0.136. The van der Waals surface area contributed by atoms with Gasteiger partial charge in [-0.15, -0.1) is 0 Å². The number of carbonyl (C=O) groups is 2. The van der Waals surface area contributed by atoms with Gasteiger partial charge in [-0.05, 0) is 79.4 Å². The zero-order valence-corrected chi connectivity index (χ0v) is 14.1. The maximum absolute atomic E-state index is 10.1. The van der Waals surface area contributed by atoms with Gasteiger partial charge in [-0.3, -0.25) is 0 Å². The lowest BCUT2D eigenvalue weighted by atomic mass is 9.64. The Kier molecular flexibility index (Phi) is 4.01. The van der Waals surface area contributed by atoms with E-state index >= 15 is 0 Å². The molecule has 0 aromatic heterocycles. The van der Waals surface area contributed by atoms with E-state index in [0.29, 0.717) is 6.08 Å². The van der Waals surface area contributed by atoms with E-state index in [1.165, 1.54) is 37.2 Å². The number of rotatable bonds is 2. The summed E-state index contributed by atoms with van der Waals surface area (Å²) in [5.74, 6) is 7.35. The molecule has 0 radical (unpaired) electrons. The number of carboxylic acids is 1. The number of carbonyl (C=O) groups excluding carboxylic acids is 1. The van der Waals surface area contributed by atoms with Crippen LogP contribution in [0, 0.1) is 47.3 Å². The zero-order valence-electron chi connectivity index (χ0n) is 14.1. The third-order valence-electron chi connectivity index (χ3n) is 7.45. The summed E-state index contributed by atoms with van der Waals surface area (Å²) in [7, 11) is 1.18. The number of ether oxygens (including phenoxy) is 1. The number of hydrogen-bond acceptors (Lipinski definition) is 3. The summed E-state index contributed by atoms with van der Waals surface area (Å²) in [5.41, 5.74) is 0. The second-order valence-corrected chi connectivity index (χ2v) is 8.15. The van der Waals surface area contributed by atoms with E-state index in [1.807, 2.05) is 0 Å². The lowest BCUT2D eigenvalue weighted by Gasteiger charge is -2.40. The molecule has 4 fully saturated rings. The predicted octanol–water partition coefficient (Wildman–Crippen LogP) is 3.29. The first-order chi connectivity index (χ1) is 11.6. The fraction of sp³-hybridized carbons (Fsp3) is 0.700. The van der Waals surface area contributed by atoms with Crippen molar-refractivity contribution in [2.75, 3.05) is 7.11 Å². The number of esters is 1. The average Bonchev–Trinajstić information content (AvgIpc) is 3.35. The summed E-state index contributed by atoms with van der Waals surface area (Å²) in [5, 5.41) is 7.96. The minimum Gasteiger partial charge on any atom is -0.478 e. The summed E-state index contributed by atoms with van der Waals surface area (Å²) in [6, 6.07) is 0. The van der Waals surface area contributed by atoms with E-state index in [4.69, 9.17) is 5.11 Å². The van der Waals surface area contributed by atoms with Crippen LogP contribution in [0.25, 0.3) is 0 Å². The van der Waals surface area contributed by atoms with E-state index in [0.717, 1.165) is 29.7 Å². The predicted molar refractivity (Wildman–Crippen MR) is 88.9 cm³/mol. The van der Waals surface area contributed by atoms with Crippen molar-refractivity contribution >= 4 is 11.9 Å². The summed E-state index contributed by atoms with van der Waals surface area (Å²) in [6.45, 7) is 0. The molecule has 0 spiro atoms. The van der Waals surface area contributed by atoms with Gasteiger partial charge >= 0.3 is 11.9 Å². The Hall–Kier alpha value is -1.58.